The Morgan fingerprint density at radius 2 is 2.00 bits per heavy atom. The molecule has 0 fully saturated rings. The number of halogens is 1. The second-order valence-electron chi connectivity index (χ2n) is 4.30. The third kappa shape index (κ3) is 3.11. The number of aryl methyl sites for hydroxylation is 1. The second kappa shape index (κ2) is 5.96. The van der Waals surface area contributed by atoms with Gasteiger partial charge in [-0.3, -0.25) is 4.79 Å². The number of hydrogen-bond donors (Lipinski definition) is 2. The lowest BCUT2D eigenvalue weighted by Crippen LogP contribution is -2.13. The Morgan fingerprint density at radius 1 is 1.25 bits per heavy atom. The lowest BCUT2D eigenvalue weighted by molar-refractivity contribution is 0.102. The van der Waals surface area contributed by atoms with Gasteiger partial charge in [-0.1, -0.05) is 22.0 Å². The van der Waals surface area contributed by atoms with Crippen LogP contribution in [0.15, 0.2) is 40.9 Å². The molecule has 5 heteroatoms. The Balaban J connectivity index is 2.30. The van der Waals surface area contributed by atoms with Gasteiger partial charge in [0, 0.05) is 10.2 Å². The molecule has 1 amide bonds. The van der Waals surface area contributed by atoms with Crippen LogP contribution in [0.1, 0.15) is 15.9 Å². The van der Waals surface area contributed by atoms with Crippen molar-refractivity contribution in [3.8, 4) is 11.5 Å². The van der Waals surface area contributed by atoms with Crippen molar-refractivity contribution in [1.82, 2.24) is 0 Å². The largest absolute Gasteiger partial charge is 0.507 e. The highest BCUT2D eigenvalue weighted by Gasteiger charge is 2.13. The molecule has 0 spiro atoms. The van der Waals surface area contributed by atoms with Crippen molar-refractivity contribution in [1.29, 1.82) is 0 Å². The van der Waals surface area contributed by atoms with Crippen molar-refractivity contribution in [2.75, 3.05) is 12.4 Å². The number of aromatic hydroxyl groups is 1. The van der Waals surface area contributed by atoms with E-state index in [0.717, 1.165) is 10.0 Å². The van der Waals surface area contributed by atoms with Gasteiger partial charge in [0.2, 0.25) is 0 Å². The fraction of sp³-hybridized carbons (Fsp3) is 0.133. The Labute approximate surface area is 125 Å². The van der Waals surface area contributed by atoms with Gasteiger partial charge in [0.15, 0.2) is 0 Å². The normalized spacial score (nSPS) is 10.2. The maximum absolute atomic E-state index is 12.2. The van der Waals surface area contributed by atoms with Crippen molar-refractivity contribution in [3.63, 3.8) is 0 Å². The van der Waals surface area contributed by atoms with Crippen LogP contribution in [0, 0.1) is 6.92 Å². The monoisotopic (exact) mass is 335 g/mol. The summed E-state index contributed by atoms with van der Waals surface area (Å²) in [7, 11) is 1.51. The summed E-state index contributed by atoms with van der Waals surface area (Å²) in [5.41, 5.74) is 1.79. The molecule has 4 nitrogen and oxygen atoms in total. The number of phenols is 1. The van der Waals surface area contributed by atoms with E-state index in [9.17, 15) is 9.90 Å². The molecular formula is C15H14BrNO3. The van der Waals surface area contributed by atoms with Crippen LogP contribution in [0.2, 0.25) is 0 Å². The number of hydrogen-bond acceptors (Lipinski definition) is 3. The highest BCUT2D eigenvalue weighted by molar-refractivity contribution is 9.10. The molecule has 0 aliphatic rings. The maximum Gasteiger partial charge on any atom is 0.259 e. The molecule has 0 saturated carbocycles. The minimum absolute atomic E-state index is 0.0871. The number of carbonyl (C=O) groups excluding carboxylic acids is 1. The molecule has 0 bridgehead atoms. The van der Waals surface area contributed by atoms with E-state index >= 15 is 0 Å². The molecule has 0 aromatic heterocycles. The van der Waals surface area contributed by atoms with Gasteiger partial charge >= 0.3 is 0 Å². The summed E-state index contributed by atoms with van der Waals surface area (Å²) in [4.78, 5) is 12.2. The molecule has 0 aliphatic heterocycles. The molecule has 0 saturated heterocycles. The number of carbonyl (C=O) groups is 1. The lowest BCUT2D eigenvalue weighted by atomic mass is 10.1. The first-order valence-corrected chi connectivity index (χ1v) is 6.75. The zero-order chi connectivity index (χ0) is 14.7. The van der Waals surface area contributed by atoms with Crippen molar-refractivity contribution in [2.45, 2.75) is 6.92 Å². The molecule has 20 heavy (non-hydrogen) atoms. The van der Waals surface area contributed by atoms with Crippen LogP contribution in [0.5, 0.6) is 11.5 Å². The quantitative estimate of drug-likeness (QED) is 0.898. The average Bonchev–Trinajstić information content (AvgIpc) is 2.43. The van der Waals surface area contributed by atoms with Crippen LogP contribution in [0.25, 0.3) is 0 Å². The van der Waals surface area contributed by atoms with Crippen LogP contribution in [0.3, 0.4) is 0 Å². The van der Waals surface area contributed by atoms with E-state index in [0.29, 0.717) is 11.4 Å². The van der Waals surface area contributed by atoms with Gasteiger partial charge in [-0.25, -0.2) is 0 Å². The Bertz CT molecular complexity index is 656. The van der Waals surface area contributed by atoms with Crippen LogP contribution in [-0.2, 0) is 0 Å². The summed E-state index contributed by atoms with van der Waals surface area (Å²) >= 11 is 3.36. The number of ether oxygens (including phenoxy) is 1. The van der Waals surface area contributed by atoms with Crippen LogP contribution in [-0.4, -0.2) is 18.1 Å². The minimum Gasteiger partial charge on any atom is -0.507 e. The van der Waals surface area contributed by atoms with Gasteiger partial charge in [-0.2, -0.15) is 0 Å². The number of nitrogens with one attached hydrogen (secondary N) is 1. The Kier molecular flexibility index (Phi) is 4.29. The molecule has 0 unspecified atom stereocenters. The van der Waals surface area contributed by atoms with Crippen LogP contribution >= 0.6 is 15.9 Å². The predicted molar refractivity (Wildman–Crippen MR) is 81.5 cm³/mol. The highest BCUT2D eigenvalue weighted by Crippen LogP contribution is 2.26. The van der Waals surface area contributed by atoms with Gasteiger partial charge in [0.05, 0.1) is 12.7 Å². The third-order valence-corrected chi connectivity index (χ3v) is 3.39. The van der Waals surface area contributed by atoms with E-state index < -0.39 is 0 Å². The topological polar surface area (TPSA) is 58.6 Å². The predicted octanol–water partition coefficient (Wildman–Crippen LogP) is 3.72. The molecule has 0 aliphatic carbocycles. The van der Waals surface area contributed by atoms with Gasteiger partial charge in [-0.15, -0.1) is 0 Å². The Hall–Kier alpha value is -2.01. The van der Waals surface area contributed by atoms with E-state index in [2.05, 4.69) is 21.2 Å². The SMILES string of the molecule is COc1ccc(O)c(C(=O)Nc2cc(Br)ccc2C)c1. The van der Waals surface area contributed by atoms with E-state index in [4.69, 9.17) is 4.74 Å². The number of phenolic OH excluding ortho intramolecular Hbond substituents is 1. The molecule has 2 aromatic rings. The van der Waals surface area contributed by atoms with Gasteiger partial charge < -0.3 is 15.2 Å². The molecule has 2 rings (SSSR count). The average molecular weight is 336 g/mol. The van der Waals surface area contributed by atoms with Crippen molar-refractivity contribution >= 4 is 27.5 Å². The van der Waals surface area contributed by atoms with Gasteiger partial charge in [0.1, 0.15) is 11.5 Å². The molecule has 2 aromatic carbocycles. The summed E-state index contributed by atoms with van der Waals surface area (Å²) < 4.78 is 5.92. The first-order valence-electron chi connectivity index (χ1n) is 5.96. The molecule has 0 radical (unpaired) electrons. The number of benzene rings is 2. The zero-order valence-electron chi connectivity index (χ0n) is 11.1. The molecule has 2 N–H and O–H groups in total. The van der Waals surface area contributed by atoms with E-state index in [-0.39, 0.29) is 17.2 Å². The van der Waals surface area contributed by atoms with E-state index in [1.165, 1.54) is 19.2 Å². The van der Waals surface area contributed by atoms with E-state index in [1.54, 1.807) is 6.07 Å². The number of methoxy groups -OCH3 is 1. The summed E-state index contributed by atoms with van der Waals surface area (Å²) in [5.74, 6) is 0.0393. The van der Waals surface area contributed by atoms with Crippen molar-refractivity contribution in [2.24, 2.45) is 0 Å². The standard InChI is InChI=1S/C15H14BrNO3/c1-9-3-4-10(16)7-13(9)17-15(19)12-8-11(20-2)5-6-14(12)18/h3-8,18H,1-2H3,(H,17,19). The highest BCUT2D eigenvalue weighted by atomic mass is 79.9. The van der Waals surface area contributed by atoms with Crippen LogP contribution in [0.4, 0.5) is 5.69 Å². The molecule has 0 atom stereocenters. The Morgan fingerprint density at radius 3 is 2.70 bits per heavy atom. The molecule has 104 valence electrons. The van der Waals surface area contributed by atoms with E-state index in [1.807, 2.05) is 25.1 Å². The number of amides is 1. The lowest BCUT2D eigenvalue weighted by Gasteiger charge is -2.11. The summed E-state index contributed by atoms with van der Waals surface area (Å²) in [6, 6.07) is 10.1. The third-order valence-electron chi connectivity index (χ3n) is 2.90. The molecular weight excluding hydrogens is 322 g/mol. The summed E-state index contributed by atoms with van der Waals surface area (Å²) in [6.07, 6.45) is 0. The summed E-state index contributed by atoms with van der Waals surface area (Å²) in [6.45, 7) is 1.90. The maximum atomic E-state index is 12.2. The van der Waals surface area contributed by atoms with Crippen LogP contribution < -0.4 is 10.1 Å². The van der Waals surface area contributed by atoms with Crippen molar-refractivity contribution in [3.05, 3.63) is 52.0 Å². The molecule has 0 heterocycles. The van der Waals surface area contributed by atoms with Gasteiger partial charge in [-0.05, 0) is 42.8 Å². The smallest absolute Gasteiger partial charge is 0.259 e. The summed E-state index contributed by atoms with van der Waals surface area (Å²) in [5, 5.41) is 12.6. The van der Waals surface area contributed by atoms with Gasteiger partial charge in [0.25, 0.3) is 5.91 Å². The first kappa shape index (κ1) is 14.4. The second-order valence-corrected chi connectivity index (χ2v) is 5.21. The number of rotatable bonds is 3. The van der Waals surface area contributed by atoms with Crippen molar-refractivity contribution < 1.29 is 14.6 Å². The number of anilines is 1. The minimum atomic E-state index is -0.386. The zero-order valence-corrected chi connectivity index (χ0v) is 12.7. The fourth-order valence-corrected chi connectivity index (χ4v) is 2.10. The first-order chi connectivity index (χ1) is 9.51. The fourth-order valence-electron chi connectivity index (χ4n) is 1.74.